The van der Waals surface area contributed by atoms with E-state index in [1.807, 2.05) is 37.4 Å². The van der Waals surface area contributed by atoms with Crippen LogP contribution in [0, 0.1) is 10.1 Å². The number of hydrogen-bond donors (Lipinski definition) is 2. The fourth-order valence-corrected chi connectivity index (χ4v) is 4.88. The predicted octanol–water partition coefficient (Wildman–Crippen LogP) is 5.14. The van der Waals surface area contributed by atoms with Gasteiger partial charge >= 0.3 is 0 Å². The Balaban J connectivity index is 1.57. The number of amides is 1. The highest BCUT2D eigenvalue weighted by molar-refractivity contribution is 6.46. The number of nitro benzene ring substituents is 1. The number of para-hydroxylation sites is 1. The zero-order chi connectivity index (χ0) is 26.8. The molecule has 0 spiro atoms. The Morgan fingerprint density at radius 3 is 2.58 bits per heavy atom. The van der Waals surface area contributed by atoms with Crippen LogP contribution in [0.25, 0.3) is 16.7 Å². The molecule has 4 aromatic rings. The van der Waals surface area contributed by atoms with E-state index in [0.29, 0.717) is 29.9 Å². The summed E-state index contributed by atoms with van der Waals surface area (Å²) < 4.78 is 5.45. The SMILES string of the molecule is CCOc1ccc(/C(O)=C2/C(=O)C(=O)N(CCc3c[nH]c4ccccc34)C2c2cccc([N+](=O)[O-])c2)cc1. The fourth-order valence-electron chi connectivity index (χ4n) is 4.88. The number of carbonyl (C=O) groups is 2. The highest BCUT2D eigenvalue weighted by Gasteiger charge is 2.46. The molecule has 1 aliphatic rings. The van der Waals surface area contributed by atoms with Gasteiger partial charge in [-0.2, -0.15) is 0 Å². The van der Waals surface area contributed by atoms with E-state index in [1.165, 1.54) is 23.1 Å². The Morgan fingerprint density at radius 1 is 1.08 bits per heavy atom. The van der Waals surface area contributed by atoms with E-state index < -0.39 is 22.7 Å². The lowest BCUT2D eigenvalue weighted by Gasteiger charge is -2.25. The van der Waals surface area contributed by atoms with Crippen LogP contribution in [0.2, 0.25) is 0 Å². The zero-order valence-corrected chi connectivity index (χ0v) is 20.6. The minimum absolute atomic E-state index is 0.112. The summed E-state index contributed by atoms with van der Waals surface area (Å²) in [4.78, 5) is 42.1. The van der Waals surface area contributed by atoms with Crippen molar-refractivity contribution in [3.05, 3.63) is 111 Å². The number of aromatic amines is 1. The first-order chi connectivity index (χ1) is 18.4. The molecule has 2 N–H and O–H groups in total. The van der Waals surface area contributed by atoms with Crippen molar-refractivity contribution in [3.8, 4) is 5.75 Å². The number of aromatic nitrogens is 1. The van der Waals surface area contributed by atoms with Crippen molar-refractivity contribution in [2.24, 2.45) is 0 Å². The van der Waals surface area contributed by atoms with Gasteiger partial charge in [-0.05, 0) is 54.8 Å². The van der Waals surface area contributed by atoms with Crippen LogP contribution < -0.4 is 4.74 Å². The van der Waals surface area contributed by atoms with E-state index in [-0.39, 0.29) is 23.6 Å². The predicted molar refractivity (Wildman–Crippen MR) is 142 cm³/mol. The van der Waals surface area contributed by atoms with Crippen molar-refractivity contribution in [2.75, 3.05) is 13.2 Å². The van der Waals surface area contributed by atoms with Crippen molar-refractivity contribution in [3.63, 3.8) is 0 Å². The molecular formula is C29H25N3O6. The number of nitrogens with one attached hydrogen (secondary N) is 1. The van der Waals surface area contributed by atoms with E-state index in [1.54, 1.807) is 30.3 Å². The Morgan fingerprint density at radius 2 is 1.84 bits per heavy atom. The number of non-ortho nitro benzene ring substituents is 1. The molecule has 192 valence electrons. The third kappa shape index (κ3) is 4.50. The highest BCUT2D eigenvalue weighted by Crippen LogP contribution is 2.40. The molecule has 0 saturated carbocycles. The summed E-state index contributed by atoms with van der Waals surface area (Å²) in [6, 6.07) is 19.1. The van der Waals surface area contributed by atoms with Crippen LogP contribution in [0.3, 0.4) is 0 Å². The second-order valence-corrected chi connectivity index (χ2v) is 8.91. The average Bonchev–Trinajstić information content (AvgIpc) is 3.46. The Bertz CT molecular complexity index is 1570. The number of rotatable bonds is 8. The van der Waals surface area contributed by atoms with Gasteiger partial charge in [0.25, 0.3) is 17.4 Å². The quantitative estimate of drug-likeness (QED) is 0.111. The maximum Gasteiger partial charge on any atom is 0.295 e. The Labute approximate surface area is 218 Å². The number of H-pyrrole nitrogens is 1. The second-order valence-electron chi connectivity index (χ2n) is 8.91. The summed E-state index contributed by atoms with van der Waals surface area (Å²) in [5.74, 6) is -1.36. The molecule has 3 aromatic carbocycles. The van der Waals surface area contributed by atoms with E-state index in [9.17, 15) is 24.8 Å². The van der Waals surface area contributed by atoms with Gasteiger partial charge in [-0.25, -0.2) is 0 Å². The standard InChI is InChI=1S/C29H25N3O6/c1-2-38-22-12-10-18(11-13-22)27(33)25-26(19-6-5-7-21(16-19)32(36)37)31(29(35)28(25)34)15-14-20-17-30-24-9-4-3-8-23(20)24/h3-13,16-17,26,30,33H,2,14-15H2,1H3/b27-25-. The number of aliphatic hydroxyl groups excluding tert-OH is 1. The monoisotopic (exact) mass is 511 g/mol. The number of aliphatic hydroxyl groups is 1. The number of nitro groups is 1. The molecule has 0 bridgehead atoms. The molecule has 1 aliphatic heterocycles. The van der Waals surface area contributed by atoms with Gasteiger partial charge in [0, 0.05) is 41.3 Å². The highest BCUT2D eigenvalue weighted by atomic mass is 16.6. The van der Waals surface area contributed by atoms with Crippen molar-refractivity contribution in [1.29, 1.82) is 0 Å². The van der Waals surface area contributed by atoms with Crippen molar-refractivity contribution < 1.29 is 24.4 Å². The van der Waals surface area contributed by atoms with Crippen LogP contribution in [-0.2, 0) is 16.0 Å². The van der Waals surface area contributed by atoms with Gasteiger partial charge in [0.05, 0.1) is 23.1 Å². The molecule has 9 heteroatoms. The Kier molecular flexibility index (Phi) is 6.66. The van der Waals surface area contributed by atoms with Crippen molar-refractivity contribution in [1.82, 2.24) is 9.88 Å². The number of carbonyl (C=O) groups excluding carboxylic acids is 2. The molecule has 5 rings (SSSR count). The van der Waals surface area contributed by atoms with E-state index >= 15 is 0 Å². The van der Waals surface area contributed by atoms with E-state index in [2.05, 4.69) is 4.98 Å². The maximum absolute atomic E-state index is 13.3. The minimum atomic E-state index is -0.994. The van der Waals surface area contributed by atoms with Crippen LogP contribution >= 0.6 is 0 Å². The second kappa shape index (κ2) is 10.2. The first-order valence-electron chi connectivity index (χ1n) is 12.2. The summed E-state index contributed by atoms with van der Waals surface area (Å²) >= 11 is 0. The third-order valence-electron chi connectivity index (χ3n) is 6.67. The number of fused-ring (bicyclic) bond motifs is 1. The van der Waals surface area contributed by atoms with Crippen LogP contribution in [0.1, 0.15) is 29.7 Å². The van der Waals surface area contributed by atoms with Gasteiger partial charge < -0.3 is 19.7 Å². The number of Topliss-reactive ketones (excluding diaryl/α,β-unsaturated/α-hetero) is 1. The maximum atomic E-state index is 13.3. The summed E-state index contributed by atoms with van der Waals surface area (Å²) in [6.45, 7) is 2.49. The van der Waals surface area contributed by atoms with Crippen molar-refractivity contribution >= 4 is 34.0 Å². The number of benzene rings is 3. The molecule has 1 unspecified atom stereocenters. The molecule has 0 aliphatic carbocycles. The molecular weight excluding hydrogens is 486 g/mol. The van der Waals surface area contributed by atoms with Crippen LogP contribution in [0.15, 0.2) is 84.6 Å². The number of hydrogen-bond acceptors (Lipinski definition) is 6. The normalized spacial score (nSPS) is 16.8. The lowest BCUT2D eigenvalue weighted by Crippen LogP contribution is -2.31. The van der Waals surface area contributed by atoms with Crippen LogP contribution in [-0.4, -0.2) is 44.8 Å². The van der Waals surface area contributed by atoms with Gasteiger partial charge in [-0.15, -0.1) is 0 Å². The number of likely N-dealkylation sites (tertiary alicyclic amines) is 1. The average molecular weight is 512 g/mol. The third-order valence-corrected chi connectivity index (χ3v) is 6.67. The van der Waals surface area contributed by atoms with E-state index in [4.69, 9.17) is 4.74 Å². The zero-order valence-electron chi connectivity index (χ0n) is 20.6. The number of ether oxygens (including phenoxy) is 1. The molecule has 1 aromatic heterocycles. The summed E-state index contributed by atoms with van der Waals surface area (Å²) in [5, 5.41) is 23.7. The lowest BCUT2D eigenvalue weighted by molar-refractivity contribution is -0.384. The number of ketones is 1. The Hall–Kier alpha value is -4.92. The molecule has 1 saturated heterocycles. The summed E-state index contributed by atoms with van der Waals surface area (Å²) in [6.07, 6.45) is 2.30. The number of nitrogens with zero attached hydrogens (tertiary/aromatic N) is 2. The van der Waals surface area contributed by atoms with Gasteiger partial charge in [0.15, 0.2) is 0 Å². The van der Waals surface area contributed by atoms with Gasteiger partial charge in [-0.3, -0.25) is 19.7 Å². The lowest BCUT2D eigenvalue weighted by atomic mass is 9.95. The molecule has 1 amide bonds. The first-order valence-corrected chi connectivity index (χ1v) is 12.2. The smallest absolute Gasteiger partial charge is 0.295 e. The fraction of sp³-hybridized carbons (Fsp3) is 0.172. The molecule has 0 radical (unpaired) electrons. The van der Waals surface area contributed by atoms with E-state index in [0.717, 1.165) is 16.5 Å². The molecule has 2 heterocycles. The largest absolute Gasteiger partial charge is 0.507 e. The van der Waals surface area contributed by atoms with Crippen molar-refractivity contribution in [2.45, 2.75) is 19.4 Å². The van der Waals surface area contributed by atoms with Crippen LogP contribution in [0.4, 0.5) is 5.69 Å². The van der Waals surface area contributed by atoms with Gasteiger partial charge in [0.2, 0.25) is 0 Å². The molecule has 1 atom stereocenters. The van der Waals surface area contributed by atoms with Crippen LogP contribution in [0.5, 0.6) is 5.75 Å². The minimum Gasteiger partial charge on any atom is -0.507 e. The summed E-state index contributed by atoms with van der Waals surface area (Å²) in [5.41, 5.74) is 2.33. The molecule has 1 fully saturated rings. The topological polar surface area (TPSA) is 126 Å². The molecule has 38 heavy (non-hydrogen) atoms. The first kappa shape index (κ1) is 24.8. The van der Waals surface area contributed by atoms with Gasteiger partial charge in [-0.1, -0.05) is 30.3 Å². The summed E-state index contributed by atoms with van der Waals surface area (Å²) in [7, 11) is 0. The molecule has 9 nitrogen and oxygen atoms in total. The van der Waals surface area contributed by atoms with Gasteiger partial charge in [0.1, 0.15) is 11.5 Å².